The third kappa shape index (κ3) is 3.03. The molecule has 1 aromatic rings. The van der Waals surface area contributed by atoms with E-state index in [9.17, 15) is 0 Å². The van der Waals surface area contributed by atoms with Gasteiger partial charge in [-0.2, -0.15) is 4.37 Å². The van der Waals surface area contributed by atoms with Crippen molar-refractivity contribution in [2.24, 2.45) is 5.92 Å². The number of aromatic nitrogens is 1. The Labute approximate surface area is 107 Å². The molecule has 0 spiro atoms. The van der Waals surface area contributed by atoms with Crippen LogP contribution in [0.1, 0.15) is 33.6 Å². The summed E-state index contributed by atoms with van der Waals surface area (Å²) in [5, 5.41) is 1.09. The Morgan fingerprint density at radius 2 is 2.24 bits per heavy atom. The Bertz CT molecular complexity index is 374. The molecule has 0 atom stereocenters. The lowest BCUT2D eigenvalue weighted by Gasteiger charge is -2.22. The number of nitrogens with zero attached hydrogens (tertiary/aromatic N) is 2. The molecule has 0 unspecified atom stereocenters. The number of anilines is 2. The Morgan fingerprint density at radius 1 is 1.53 bits per heavy atom. The van der Waals surface area contributed by atoms with Crippen LogP contribution in [0.3, 0.4) is 0 Å². The van der Waals surface area contributed by atoms with Crippen molar-refractivity contribution in [2.45, 2.75) is 39.7 Å². The highest BCUT2D eigenvalue weighted by Gasteiger charge is 2.27. The average molecular weight is 255 g/mol. The van der Waals surface area contributed by atoms with E-state index < -0.39 is 0 Å². The number of hydrogen-bond donors (Lipinski definition) is 1. The van der Waals surface area contributed by atoms with Crippen LogP contribution in [0.2, 0.25) is 0 Å². The zero-order valence-corrected chi connectivity index (χ0v) is 11.6. The SMILES string of the molecule is CCN(CC1CC1)c1snc(N)c1OC(C)C. The maximum absolute atomic E-state index is 5.88. The van der Waals surface area contributed by atoms with Crippen molar-refractivity contribution in [3.05, 3.63) is 0 Å². The van der Waals surface area contributed by atoms with Crippen LogP contribution in [-0.2, 0) is 0 Å². The van der Waals surface area contributed by atoms with Crippen LogP contribution in [0.15, 0.2) is 0 Å². The van der Waals surface area contributed by atoms with Crippen molar-refractivity contribution in [3.8, 4) is 5.75 Å². The molecule has 0 aromatic carbocycles. The van der Waals surface area contributed by atoms with E-state index in [0.29, 0.717) is 5.82 Å². The van der Waals surface area contributed by atoms with E-state index in [2.05, 4.69) is 16.2 Å². The first-order chi connectivity index (χ1) is 8.11. The molecule has 1 heterocycles. The number of rotatable bonds is 6. The van der Waals surface area contributed by atoms with E-state index in [-0.39, 0.29) is 6.10 Å². The van der Waals surface area contributed by atoms with Crippen LogP contribution in [0.4, 0.5) is 10.8 Å². The Balaban J connectivity index is 2.16. The van der Waals surface area contributed by atoms with Gasteiger partial charge in [-0.05, 0) is 51.1 Å². The van der Waals surface area contributed by atoms with Crippen LogP contribution in [0, 0.1) is 5.92 Å². The Kier molecular flexibility index (Phi) is 3.76. The first-order valence-electron chi connectivity index (χ1n) is 6.28. The second-order valence-electron chi connectivity index (χ2n) is 4.85. The lowest BCUT2D eigenvalue weighted by Crippen LogP contribution is -2.25. The average Bonchev–Trinajstić information content (AvgIpc) is 3.03. The van der Waals surface area contributed by atoms with Gasteiger partial charge in [-0.15, -0.1) is 0 Å². The Hall–Kier alpha value is -0.970. The fourth-order valence-electron chi connectivity index (χ4n) is 1.80. The summed E-state index contributed by atoms with van der Waals surface area (Å²) in [6, 6.07) is 0. The fraction of sp³-hybridized carbons (Fsp3) is 0.750. The third-order valence-corrected chi connectivity index (χ3v) is 3.76. The molecule has 0 amide bonds. The summed E-state index contributed by atoms with van der Waals surface area (Å²) in [5.41, 5.74) is 5.88. The predicted molar refractivity (Wildman–Crippen MR) is 72.9 cm³/mol. The van der Waals surface area contributed by atoms with E-state index in [0.717, 1.165) is 29.8 Å². The summed E-state index contributed by atoms with van der Waals surface area (Å²) in [6.07, 6.45) is 2.84. The molecule has 2 rings (SSSR count). The highest BCUT2D eigenvalue weighted by molar-refractivity contribution is 7.11. The molecule has 0 bridgehead atoms. The molecule has 96 valence electrons. The lowest BCUT2D eigenvalue weighted by molar-refractivity contribution is 0.245. The van der Waals surface area contributed by atoms with Crippen molar-refractivity contribution >= 4 is 22.4 Å². The van der Waals surface area contributed by atoms with Gasteiger partial charge in [0.2, 0.25) is 0 Å². The molecule has 1 aliphatic rings. The van der Waals surface area contributed by atoms with Crippen LogP contribution < -0.4 is 15.4 Å². The van der Waals surface area contributed by atoms with E-state index in [1.165, 1.54) is 24.4 Å². The second kappa shape index (κ2) is 5.12. The van der Waals surface area contributed by atoms with Gasteiger partial charge in [0.15, 0.2) is 16.6 Å². The number of hydrogen-bond acceptors (Lipinski definition) is 5. The van der Waals surface area contributed by atoms with Crippen molar-refractivity contribution in [1.82, 2.24) is 4.37 Å². The number of ether oxygens (including phenoxy) is 1. The van der Waals surface area contributed by atoms with E-state index >= 15 is 0 Å². The predicted octanol–water partition coefficient (Wildman–Crippen LogP) is 2.75. The van der Waals surface area contributed by atoms with Crippen LogP contribution in [0.25, 0.3) is 0 Å². The van der Waals surface area contributed by atoms with Crippen molar-refractivity contribution in [3.63, 3.8) is 0 Å². The summed E-state index contributed by atoms with van der Waals surface area (Å²) in [4.78, 5) is 2.34. The van der Waals surface area contributed by atoms with Gasteiger partial charge in [-0.25, -0.2) is 0 Å². The maximum atomic E-state index is 5.88. The van der Waals surface area contributed by atoms with Gasteiger partial charge in [-0.3, -0.25) is 0 Å². The maximum Gasteiger partial charge on any atom is 0.198 e. The molecule has 1 aliphatic carbocycles. The molecule has 1 fully saturated rings. The zero-order valence-electron chi connectivity index (χ0n) is 10.8. The molecule has 4 nitrogen and oxygen atoms in total. The Morgan fingerprint density at radius 3 is 2.76 bits per heavy atom. The molecule has 0 aliphatic heterocycles. The highest BCUT2D eigenvalue weighted by Crippen LogP contribution is 2.41. The van der Waals surface area contributed by atoms with Gasteiger partial charge >= 0.3 is 0 Å². The summed E-state index contributed by atoms with van der Waals surface area (Å²) in [7, 11) is 0. The molecule has 5 heteroatoms. The monoisotopic (exact) mass is 255 g/mol. The fourth-order valence-corrected chi connectivity index (χ4v) is 2.62. The van der Waals surface area contributed by atoms with E-state index in [1.807, 2.05) is 13.8 Å². The van der Waals surface area contributed by atoms with Gasteiger partial charge in [0.05, 0.1) is 6.10 Å². The zero-order chi connectivity index (χ0) is 12.4. The summed E-state index contributed by atoms with van der Waals surface area (Å²) in [5.74, 6) is 2.14. The summed E-state index contributed by atoms with van der Waals surface area (Å²) >= 11 is 1.45. The van der Waals surface area contributed by atoms with Crippen molar-refractivity contribution in [1.29, 1.82) is 0 Å². The molecule has 17 heavy (non-hydrogen) atoms. The normalized spacial score (nSPS) is 15.3. The van der Waals surface area contributed by atoms with Crippen LogP contribution in [0.5, 0.6) is 5.75 Å². The first kappa shape index (κ1) is 12.5. The van der Waals surface area contributed by atoms with Crippen molar-refractivity contribution < 1.29 is 4.74 Å². The topological polar surface area (TPSA) is 51.4 Å². The molecule has 0 radical (unpaired) electrons. The molecule has 2 N–H and O–H groups in total. The minimum absolute atomic E-state index is 0.132. The minimum Gasteiger partial charge on any atom is -0.484 e. The van der Waals surface area contributed by atoms with Gasteiger partial charge < -0.3 is 15.4 Å². The third-order valence-electron chi connectivity index (χ3n) is 2.86. The minimum atomic E-state index is 0.132. The van der Waals surface area contributed by atoms with Gasteiger partial charge in [0.1, 0.15) is 0 Å². The molecule has 0 saturated heterocycles. The molecule has 1 aromatic heterocycles. The van der Waals surface area contributed by atoms with E-state index in [4.69, 9.17) is 10.5 Å². The standard InChI is InChI=1S/C12H21N3OS/c1-4-15(7-9-5-6-9)12-10(16-8(2)3)11(13)14-17-12/h8-9H,4-7H2,1-3H3,(H2,13,14). The highest BCUT2D eigenvalue weighted by atomic mass is 32.1. The largest absolute Gasteiger partial charge is 0.484 e. The molecule has 1 saturated carbocycles. The summed E-state index contributed by atoms with van der Waals surface area (Å²) in [6.45, 7) is 8.27. The number of nitrogens with two attached hydrogens (primary N) is 1. The van der Waals surface area contributed by atoms with Gasteiger partial charge in [0, 0.05) is 13.1 Å². The molecular formula is C12H21N3OS. The summed E-state index contributed by atoms with van der Waals surface area (Å²) < 4.78 is 10.0. The van der Waals surface area contributed by atoms with Gasteiger partial charge in [0.25, 0.3) is 0 Å². The van der Waals surface area contributed by atoms with Crippen LogP contribution >= 0.6 is 11.5 Å². The number of nitrogen functional groups attached to an aromatic ring is 1. The second-order valence-corrected chi connectivity index (χ2v) is 5.60. The van der Waals surface area contributed by atoms with Crippen LogP contribution in [-0.4, -0.2) is 23.6 Å². The van der Waals surface area contributed by atoms with Gasteiger partial charge in [-0.1, -0.05) is 0 Å². The smallest absolute Gasteiger partial charge is 0.198 e. The molecular weight excluding hydrogens is 234 g/mol. The lowest BCUT2D eigenvalue weighted by atomic mass is 10.3. The van der Waals surface area contributed by atoms with Crippen molar-refractivity contribution in [2.75, 3.05) is 23.7 Å². The quantitative estimate of drug-likeness (QED) is 0.849. The van der Waals surface area contributed by atoms with E-state index in [1.54, 1.807) is 0 Å². The first-order valence-corrected chi connectivity index (χ1v) is 7.05.